The first-order valence-electron chi connectivity index (χ1n) is 9.34. The van der Waals surface area contributed by atoms with Gasteiger partial charge in [0.25, 0.3) is 5.91 Å². The fourth-order valence-electron chi connectivity index (χ4n) is 2.92. The third kappa shape index (κ3) is 5.79. The molecule has 1 aliphatic heterocycles. The molecular weight excluding hydrogens is 361 g/mol. The van der Waals surface area contributed by atoms with Crippen molar-refractivity contribution in [3.63, 3.8) is 0 Å². The van der Waals surface area contributed by atoms with E-state index < -0.39 is 0 Å². The van der Waals surface area contributed by atoms with Crippen molar-refractivity contribution in [2.75, 3.05) is 44.7 Å². The van der Waals surface area contributed by atoms with Crippen molar-refractivity contribution < 1.29 is 18.7 Å². The van der Waals surface area contributed by atoms with Crippen LogP contribution in [-0.2, 0) is 16.0 Å². The number of hydrogen-bond acceptors (Lipinski definition) is 4. The van der Waals surface area contributed by atoms with Crippen LogP contribution < -0.4 is 10.6 Å². The molecule has 0 saturated carbocycles. The molecule has 3 rings (SSSR count). The Morgan fingerprint density at radius 2 is 1.68 bits per heavy atom. The number of amides is 2. The number of nitrogens with one attached hydrogen (secondary N) is 2. The average Bonchev–Trinajstić information content (AvgIpc) is 2.74. The Balaban J connectivity index is 1.39. The van der Waals surface area contributed by atoms with Crippen LogP contribution in [0.2, 0.25) is 0 Å². The molecule has 6 nitrogen and oxygen atoms in total. The van der Waals surface area contributed by atoms with Gasteiger partial charge in [-0.15, -0.1) is 0 Å². The maximum absolute atomic E-state index is 12.9. The van der Waals surface area contributed by atoms with Crippen LogP contribution in [0.4, 0.5) is 10.1 Å². The van der Waals surface area contributed by atoms with Crippen molar-refractivity contribution in [1.82, 2.24) is 10.2 Å². The van der Waals surface area contributed by atoms with Gasteiger partial charge >= 0.3 is 0 Å². The van der Waals surface area contributed by atoms with Crippen molar-refractivity contribution in [2.45, 2.75) is 6.42 Å². The zero-order valence-corrected chi connectivity index (χ0v) is 15.6. The topological polar surface area (TPSA) is 70.7 Å². The number of ether oxygens (including phenoxy) is 1. The van der Waals surface area contributed by atoms with Gasteiger partial charge in [0.15, 0.2) is 0 Å². The summed E-state index contributed by atoms with van der Waals surface area (Å²) in [6.07, 6.45) is 0.643. The molecule has 7 heteroatoms. The quantitative estimate of drug-likeness (QED) is 0.766. The van der Waals surface area contributed by atoms with Gasteiger partial charge in [-0.1, -0.05) is 12.1 Å². The number of anilines is 1. The van der Waals surface area contributed by atoms with E-state index in [1.54, 1.807) is 41.3 Å². The van der Waals surface area contributed by atoms with Crippen molar-refractivity contribution in [3.05, 3.63) is 65.5 Å². The largest absolute Gasteiger partial charge is 0.378 e. The van der Waals surface area contributed by atoms with E-state index in [4.69, 9.17) is 4.74 Å². The molecule has 1 heterocycles. The number of carbonyl (C=O) groups is 2. The molecule has 0 unspecified atom stereocenters. The van der Waals surface area contributed by atoms with Crippen molar-refractivity contribution in [3.8, 4) is 0 Å². The SMILES string of the molecule is O=C(CNc1ccc(C(=O)N2CCOCC2)cc1)NCCc1ccc(F)cc1. The Hall–Kier alpha value is -2.93. The van der Waals surface area contributed by atoms with E-state index in [-0.39, 0.29) is 24.2 Å². The van der Waals surface area contributed by atoms with Gasteiger partial charge in [0.2, 0.25) is 5.91 Å². The fourth-order valence-corrected chi connectivity index (χ4v) is 2.92. The van der Waals surface area contributed by atoms with Crippen LogP contribution >= 0.6 is 0 Å². The smallest absolute Gasteiger partial charge is 0.254 e. The van der Waals surface area contributed by atoms with Crippen LogP contribution in [0.25, 0.3) is 0 Å². The van der Waals surface area contributed by atoms with Crippen LogP contribution in [0.3, 0.4) is 0 Å². The molecule has 0 spiro atoms. The highest BCUT2D eigenvalue weighted by Crippen LogP contribution is 2.12. The number of hydrogen-bond donors (Lipinski definition) is 2. The number of benzene rings is 2. The molecule has 0 radical (unpaired) electrons. The van der Waals surface area contributed by atoms with E-state index in [9.17, 15) is 14.0 Å². The fraction of sp³-hybridized carbons (Fsp3) is 0.333. The highest BCUT2D eigenvalue weighted by atomic mass is 19.1. The van der Waals surface area contributed by atoms with E-state index in [1.165, 1.54) is 12.1 Å². The third-order valence-corrected chi connectivity index (χ3v) is 4.53. The molecule has 2 aromatic carbocycles. The molecule has 0 atom stereocenters. The normalized spacial score (nSPS) is 13.8. The van der Waals surface area contributed by atoms with Gasteiger partial charge in [0, 0.05) is 30.9 Å². The second-order valence-electron chi connectivity index (χ2n) is 6.56. The maximum Gasteiger partial charge on any atom is 0.254 e. The third-order valence-electron chi connectivity index (χ3n) is 4.53. The summed E-state index contributed by atoms with van der Waals surface area (Å²) in [5, 5.41) is 5.86. The van der Waals surface area contributed by atoms with Gasteiger partial charge in [0.1, 0.15) is 5.82 Å². The summed E-state index contributed by atoms with van der Waals surface area (Å²) >= 11 is 0. The number of nitrogens with zero attached hydrogens (tertiary/aromatic N) is 1. The lowest BCUT2D eigenvalue weighted by Crippen LogP contribution is -2.40. The monoisotopic (exact) mass is 385 g/mol. The van der Waals surface area contributed by atoms with Gasteiger partial charge in [-0.05, 0) is 48.4 Å². The first-order valence-corrected chi connectivity index (χ1v) is 9.34. The second kappa shape index (κ2) is 9.85. The molecule has 0 aromatic heterocycles. The summed E-state index contributed by atoms with van der Waals surface area (Å²) in [6.45, 7) is 2.98. The Kier molecular flexibility index (Phi) is 6.97. The number of rotatable bonds is 7. The lowest BCUT2D eigenvalue weighted by Gasteiger charge is -2.26. The first-order chi connectivity index (χ1) is 13.6. The molecule has 2 amide bonds. The standard InChI is InChI=1S/C21H24FN3O3/c22-18-5-1-16(2-6-18)9-10-23-20(26)15-24-19-7-3-17(4-8-19)21(27)25-11-13-28-14-12-25/h1-8,24H,9-15H2,(H,23,26). The Labute approximate surface area is 163 Å². The molecule has 28 heavy (non-hydrogen) atoms. The van der Waals surface area contributed by atoms with Gasteiger partial charge < -0.3 is 20.3 Å². The van der Waals surface area contributed by atoms with Crippen molar-refractivity contribution in [1.29, 1.82) is 0 Å². The highest BCUT2D eigenvalue weighted by Gasteiger charge is 2.18. The number of morpholine rings is 1. The van der Waals surface area contributed by atoms with Gasteiger partial charge in [-0.3, -0.25) is 9.59 Å². The van der Waals surface area contributed by atoms with Gasteiger partial charge in [-0.25, -0.2) is 4.39 Å². The Morgan fingerprint density at radius 1 is 1.00 bits per heavy atom. The number of halogens is 1. The zero-order chi connectivity index (χ0) is 19.8. The maximum atomic E-state index is 12.9. The molecule has 1 aliphatic rings. The Bertz CT molecular complexity index is 788. The average molecular weight is 385 g/mol. The molecule has 1 saturated heterocycles. The van der Waals surface area contributed by atoms with Crippen LogP contribution in [0.5, 0.6) is 0 Å². The lowest BCUT2D eigenvalue weighted by molar-refractivity contribution is -0.119. The summed E-state index contributed by atoms with van der Waals surface area (Å²) < 4.78 is 18.1. The molecule has 148 valence electrons. The van der Waals surface area contributed by atoms with Crippen LogP contribution in [-0.4, -0.2) is 56.1 Å². The summed E-state index contributed by atoms with van der Waals surface area (Å²) in [4.78, 5) is 26.1. The van der Waals surface area contributed by atoms with E-state index >= 15 is 0 Å². The molecule has 2 aromatic rings. The molecular formula is C21H24FN3O3. The predicted molar refractivity (Wildman–Crippen MR) is 105 cm³/mol. The van der Waals surface area contributed by atoms with E-state index in [2.05, 4.69) is 10.6 Å². The second-order valence-corrected chi connectivity index (χ2v) is 6.56. The van der Waals surface area contributed by atoms with E-state index in [0.717, 1.165) is 11.3 Å². The highest BCUT2D eigenvalue weighted by molar-refractivity contribution is 5.94. The predicted octanol–water partition coefficient (Wildman–Crippen LogP) is 2.07. The summed E-state index contributed by atoms with van der Waals surface area (Å²) in [5.41, 5.74) is 2.36. The molecule has 1 fully saturated rings. The van der Waals surface area contributed by atoms with Gasteiger partial charge in [-0.2, -0.15) is 0 Å². The van der Waals surface area contributed by atoms with Crippen LogP contribution in [0, 0.1) is 5.82 Å². The minimum atomic E-state index is -0.269. The number of carbonyl (C=O) groups excluding carboxylic acids is 2. The van der Waals surface area contributed by atoms with E-state index in [1.807, 2.05) is 0 Å². The summed E-state index contributed by atoms with van der Waals surface area (Å²) in [5.74, 6) is -0.404. The Morgan fingerprint density at radius 3 is 2.36 bits per heavy atom. The summed E-state index contributed by atoms with van der Waals surface area (Å²) in [6, 6.07) is 13.3. The zero-order valence-electron chi connectivity index (χ0n) is 15.6. The van der Waals surface area contributed by atoms with E-state index in [0.29, 0.717) is 44.8 Å². The van der Waals surface area contributed by atoms with Crippen molar-refractivity contribution in [2.24, 2.45) is 0 Å². The lowest BCUT2D eigenvalue weighted by atomic mass is 10.1. The minimum absolute atomic E-state index is 0.00612. The first kappa shape index (κ1) is 19.8. The molecule has 0 aliphatic carbocycles. The summed E-state index contributed by atoms with van der Waals surface area (Å²) in [7, 11) is 0. The van der Waals surface area contributed by atoms with Crippen LogP contribution in [0.15, 0.2) is 48.5 Å². The minimum Gasteiger partial charge on any atom is -0.378 e. The van der Waals surface area contributed by atoms with Crippen molar-refractivity contribution >= 4 is 17.5 Å². The van der Waals surface area contributed by atoms with Crippen LogP contribution in [0.1, 0.15) is 15.9 Å². The molecule has 0 bridgehead atoms. The molecule has 2 N–H and O–H groups in total. The van der Waals surface area contributed by atoms with Gasteiger partial charge in [0.05, 0.1) is 19.8 Å².